The molecule has 4 rings (SSSR count). The van der Waals surface area contributed by atoms with Crippen molar-refractivity contribution in [2.24, 2.45) is 0 Å². The Hall–Kier alpha value is -4.24. The molecule has 0 aromatic heterocycles. The highest BCUT2D eigenvalue weighted by atomic mass is 32.2. The summed E-state index contributed by atoms with van der Waals surface area (Å²) < 4.78 is 42.1. The molecule has 0 saturated heterocycles. The van der Waals surface area contributed by atoms with Crippen molar-refractivity contribution >= 4 is 38.3 Å². The summed E-state index contributed by atoms with van der Waals surface area (Å²) >= 11 is 0. The van der Waals surface area contributed by atoms with Crippen LogP contribution in [0.25, 0.3) is 10.8 Å². The van der Waals surface area contributed by atoms with Crippen molar-refractivity contribution in [3.05, 3.63) is 114 Å². The number of carbonyl (C=O) groups is 2. The zero-order valence-corrected chi connectivity index (χ0v) is 24.1. The van der Waals surface area contributed by atoms with Crippen LogP contribution < -0.4 is 9.62 Å². The number of rotatable bonds is 11. The van der Waals surface area contributed by atoms with Crippen molar-refractivity contribution in [3.8, 4) is 0 Å². The minimum atomic E-state index is -3.93. The maximum Gasteiger partial charge on any atom is 0.244 e. The van der Waals surface area contributed by atoms with Crippen LogP contribution in [0, 0.1) is 5.82 Å². The van der Waals surface area contributed by atoms with Gasteiger partial charge in [0.25, 0.3) is 0 Å². The summed E-state index contributed by atoms with van der Waals surface area (Å²) in [5.74, 6) is -1.57. The second kappa shape index (κ2) is 13.0. The molecule has 214 valence electrons. The summed E-state index contributed by atoms with van der Waals surface area (Å²) in [5.41, 5.74) is 1.36. The van der Waals surface area contributed by atoms with E-state index < -0.39 is 40.2 Å². The second-order valence-corrected chi connectivity index (χ2v) is 12.2. The average Bonchev–Trinajstić information content (AvgIpc) is 2.93. The fourth-order valence-electron chi connectivity index (χ4n) is 4.77. The van der Waals surface area contributed by atoms with Crippen LogP contribution in [0.1, 0.15) is 25.0 Å². The number of halogens is 1. The van der Waals surface area contributed by atoms with Gasteiger partial charge in [-0.25, -0.2) is 12.8 Å². The number of benzene rings is 4. The Morgan fingerprint density at radius 1 is 0.854 bits per heavy atom. The summed E-state index contributed by atoms with van der Waals surface area (Å²) in [7, 11) is -3.93. The quantitative estimate of drug-likeness (QED) is 0.275. The van der Waals surface area contributed by atoms with Crippen LogP contribution in [0.4, 0.5) is 10.1 Å². The molecule has 0 aliphatic rings. The third-order valence-corrected chi connectivity index (χ3v) is 7.84. The molecule has 41 heavy (non-hydrogen) atoms. The second-order valence-electron chi connectivity index (χ2n) is 10.2. The van der Waals surface area contributed by atoms with E-state index in [1.165, 1.54) is 11.0 Å². The Kier molecular flexibility index (Phi) is 9.39. The van der Waals surface area contributed by atoms with Crippen LogP contribution >= 0.6 is 0 Å². The molecular formula is C32H34FN3O4S. The normalized spacial score (nSPS) is 12.2. The number of anilines is 1. The van der Waals surface area contributed by atoms with Crippen molar-refractivity contribution in [2.75, 3.05) is 17.1 Å². The molecule has 0 heterocycles. The molecule has 4 aromatic carbocycles. The minimum absolute atomic E-state index is 0.159. The van der Waals surface area contributed by atoms with E-state index in [-0.39, 0.29) is 24.6 Å². The van der Waals surface area contributed by atoms with Gasteiger partial charge in [0.1, 0.15) is 18.4 Å². The number of fused-ring (bicyclic) bond motifs is 1. The summed E-state index contributed by atoms with van der Waals surface area (Å²) in [5, 5.41) is 4.35. The maximum absolute atomic E-state index is 14.9. The van der Waals surface area contributed by atoms with Gasteiger partial charge in [-0.2, -0.15) is 0 Å². The van der Waals surface area contributed by atoms with Crippen molar-refractivity contribution in [1.29, 1.82) is 0 Å². The number of nitrogens with one attached hydrogen (secondary N) is 1. The highest BCUT2D eigenvalue weighted by Crippen LogP contribution is 2.29. The smallest absolute Gasteiger partial charge is 0.244 e. The summed E-state index contributed by atoms with van der Waals surface area (Å²) in [6.07, 6.45) is 1.20. The number of hydrogen-bond acceptors (Lipinski definition) is 4. The van der Waals surface area contributed by atoms with E-state index in [4.69, 9.17) is 0 Å². The van der Waals surface area contributed by atoms with Crippen molar-refractivity contribution in [3.63, 3.8) is 0 Å². The van der Waals surface area contributed by atoms with Crippen LogP contribution in [0.3, 0.4) is 0 Å². The SMILES string of the molecule is CC(C)NC(=O)[C@@H](Cc1ccccc1)N(Cc1ccccc1F)C(=O)CN(c1cccc2ccccc12)S(C)(=O)=O. The molecule has 9 heteroatoms. The van der Waals surface area contributed by atoms with E-state index in [0.29, 0.717) is 11.1 Å². The van der Waals surface area contributed by atoms with Gasteiger partial charge in [-0.15, -0.1) is 0 Å². The maximum atomic E-state index is 14.9. The van der Waals surface area contributed by atoms with E-state index in [9.17, 15) is 22.4 Å². The van der Waals surface area contributed by atoms with Crippen LogP contribution in [0.5, 0.6) is 0 Å². The molecule has 0 radical (unpaired) electrons. The molecule has 4 aromatic rings. The Balaban J connectivity index is 1.79. The highest BCUT2D eigenvalue weighted by Gasteiger charge is 2.34. The number of amides is 2. The number of nitrogens with zero attached hydrogens (tertiary/aromatic N) is 2. The molecule has 0 saturated carbocycles. The van der Waals surface area contributed by atoms with Gasteiger partial charge in [0.05, 0.1) is 11.9 Å². The summed E-state index contributed by atoms with van der Waals surface area (Å²) in [6, 6.07) is 26.5. The molecule has 1 N–H and O–H groups in total. The molecule has 0 bridgehead atoms. The lowest BCUT2D eigenvalue weighted by Gasteiger charge is -2.34. The van der Waals surface area contributed by atoms with E-state index in [1.54, 1.807) is 42.5 Å². The highest BCUT2D eigenvalue weighted by molar-refractivity contribution is 7.92. The van der Waals surface area contributed by atoms with Gasteiger partial charge in [-0.05, 0) is 36.9 Å². The average molecular weight is 576 g/mol. The van der Waals surface area contributed by atoms with Gasteiger partial charge in [-0.1, -0.05) is 84.9 Å². The first-order valence-electron chi connectivity index (χ1n) is 13.4. The van der Waals surface area contributed by atoms with Crippen molar-refractivity contribution < 1.29 is 22.4 Å². The Labute approximate surface area is 240 Å². The molecule has 1 atom stereocenters. The summed E-state index contributed by atoms with van der Waals surface area (Å²) in [6.45, 7) is 2.84. The molecule has 0 unspecified atom stereocenters. The third kappa shape index (κ3) is 7.49. The number of hydrogen-bond donors (Lipinski definition) is 1. The molecule has 2 amide bonds. The van der Waals surface area contributed by atoms with Gasteiger partial charge >= 0.3 is 0 Å². The lowest BCUT2D eigenvalue weighted by molar-refractivity contribution is -0.140. The van der Waals surface area contributed by atoms with Gasteiger partial charge in [0.2, 0.25) is 21.8 Å². The standard InChI is InChI=1S/C32H34FN3O4S/c1-23(2)34-32(38)30(20-24-12-5-4-6-13-24)35(21-26-15-8-10-18-28(26)33)31(37)22-36(41(3,39)40)29-19-11-16-25-14-7-9-17-27(25)29/h4-19,23,30H,20-22H2,1-3H3,(H,34,38)/t30-/m1/s1. The predicted molar refractivity (Wildman–Crippen MR) is 160 cm³/mol. The minimum Gasteiger partial charge on any atom is -0.352 e. The van der Waals surface area contributed by atoms with E-state index in [1.807, 2.05) is 62.4 Å². The molecule has 0 spiro atoms. The lowest BCUT2D eigenvalue weighted by atomic mass is 10.0. The number of carbonyl (C=O) groups excluding carboxylic acids is 2. The molecular weight excluding hydrogens is 541 g/mol. The first kappa shape index (κ1) is 29.7. The summed E-state index contributed by atoms with van der Waals surface area (Å²) in [4.78, 5) is 29.0. The molecule has 7 nitrogen and oxygen atoms in total. The van der Waals surface area contributed by atoms with Gasteiger partial charge in [0.15, 0.2) is 0 Å². The largest absolute Gasteiger partial charge is 0.352 e. The van der Waals surface area contributed by atoms with Gasteiger partial charge < -0.3 is 10.2 Å². The number of sulfonamides is 1. The molecule has 0 fully saturated rings. The van der Waals surface area contributed by atoms with Crippen molar-refractivity contribution in [1.82, 2.24) is 10.2 Å². The van der Waals surface area contributed by atoms with Crippen molar-refractivity contribution in [2.45, 2.75) is 38.9 Å². The third-order valence-electron chi connectivity index (χ3n) is 6.72. The van der Waals surface area contributed by atoms with Crippen LogP contribution in [0.15, 0.2) is 97.1 Å². The topological polar surface area (TPSA) is 86.8 Å². The Morgan fingerprint density at radius 2 is 1.49 bits per heavy atom. The van der Waals surface area contributed by atoms with Gasteiger partial charge in [-0.3, -0.25) is 13.9 Å². The van der Waals surface area contributed by atoms with E-state index in [0.717, 1.165) is 21.5 Å². The Morgan fingerprint density at radius 3 is 2.17 bits per heavy atom. The monoisotopic (exact) mass is 575 g/mol. The van der Waals surface area contributed by atoms with Crippen LogP contribution in [-0.4, -0.2) is 50.0 Å². The van der Waals surface area contributed by atoms with Gasteiger partial charge in [0, 0.05) is 30.0 Å². The van der Waals surface area contributed by atoms with E-state index in [2.05, 4.69) is 5.32 Å². The lowest BCUT2D eigenvalue weighted by Crippen LogP contribution is -2.54. The molecule has 0 aliphatic heterocycles. The first-order chi connectivity index (χ1) is 19.5. The fraction of sp³-hybridized carbons (Fsp3) is 0.250. The fourth-order valence-corrected chi connectivity index (χ4v) is 5.63. The first-order valence-corrected chi connectivity index (χ1v) is 15.2. The Bertz CT molecular complexity index is 1620. The molecule has 0 aliphatic carbocycles. The van der Waals surface area contributed by atoms with Crippen LogP contribution in [0.2, 0.25) is 0 Å². The predicted octanol–water partition coefficient (Wildman–Crippen LogP) is 4.91. The van der Waals surface area contributed by atoms with E-state index >= 15 is 0 Å². The van der Waals surface area contributed by atoms with Crippen LogP contribution in [-0.2, 0) is 32.6 Å². The zero-order valence-electron chi connectivity index (χ0n) is 23.3. The zero-order chi connectivity index (χ0) is 29.6.